The second-order valence-electron chi connectivity index (χ2n) is 9.33. The van der Waals surface area contributed by atoms with E-state index in [1.54, 1.807) is 30.7 Å². The summed E-state index contributed by atoms with van der Waals surface area (Å²) in [5, 5.41) is 13.1. The average Bonchev–Trinajstić information content (AvgIpc) is 3.26. The number of thiophene rings is 1. The molecule has 1 N–H and O–H groups in total. The number of fused-ring (bicyclic) bond motifs is 1. The van der Waals surface area contributed by atoms with Crippen LogP contribution in [0.15, 0.2) is 41.9 Å². The molecule has 0 bridgehead atoms. The monoisotopic (exact) mass is 518 g/mol. The lowest BCUT2D eigenvalue weighted by molar-refractivity contribution is -0.139. The Balaban J connectivity index is 1.35. The van der Waals surface area contributed by atoms with Gasteiger partial charge in [0, 0.05) is 29.4 Å². The quantitative estimate of drug-likeness (QED) is 0.302. The van der Waals surface area contributed by atoms with E-state index in [-0.39, 0.29) is 18.3 Å². The number of piperidine rings is 1. The molecule has 3 atom stereocenters. The van der Waals surface area contributed by atoms with Gasteiger partial charge >= 0.3 is 5.97 Å². The van der Waals surface area contributed by atoms with E-state index in [2.05, 4.69) is 9.88 Å². The van der Waals surface area contributed by atoms with Crippen LogP contribution in [0.5, 0.6) is 5.75 Å². The van der Waals surface area contributed by atoms with Gasteiger partial charge in [-0.1, -0.05) is 11.6 Å². The molecule has 0 spiro atoms. The molecule has 0 amide bonds. The second kappa shape index (κ2) is 12.2. The third-order valence-electron chi connectivity index (χ3n) is 7.09. The van der Waals surface area contributed by atoms with Gasteiger partial charge in [-0.3, -0.25) is 9.78 Å². The van der Waals surface area contributed by atoms with E-state index in [4.69, 9.17) is 16.3 Å². The number of carbonyl (C=O) groups is 1. The lowest BCUT2D eigenvalue weighted by Gasteiger charge is -2.38. The Morgan fingerprint density at radius 2 is 2.20 bits per heavy atom. The number of aromatic nitrogens is 1. The van der Waals surface area contributed by atoms with Gasteiger partial charge in [0.2, 0.25) is 0 Å². The van der Waals surface area contributed by atoms with Crippen LogP contribution in [0.4, 0.5) is 4.39 Å². The molecule has 4 rings (SSSR count). The first kappa shape index (κ1) is 25.9. The van der Waals surface area contributed by atoms with Crippen LogP contribution in [0.1, 0.15) is 48.7 Å². The number of hydrogen-bond acceptors (Lipinski definition) is 5. The molecule has 3 aromatic rings. The predicted octanol–water partition coefficient (Wildman–Crippen LogP) is 6.79. The van der Waals surface area contributed by atoms with E-state index in [1.165, 1.54) is 4.88 Å². The van der Waals surface area contributed by atoms with Crippen molar-refractivity contribution in [1.29, 1.82) is 0 Å². The van der Waals surface area contributed by atoms with E-state index >= 15 is 4.39 Å². The number of aryl methyl sites for hydroxylation is 1. The fourth-order valence-corrected chi connectivity index (χ4v) is 6.40. The molecule has 1 aromatic carbocycles. The second-order valence-corrected chi connectivity index (χ2v) is 10.7. The number of alkyl halides is 1. The van der Waals surface area contributed by atoms with Gasteiger partial charge in [0.05, 0.1) is 17.6 Å². The first-order chi connectivity index (χ1) is 16.9. The summed E-state index contributed by atoms with van der Waals surface area (Å²) in [4.78, 5) is 19.5. The van der Waals surface area contributed by atoms with Crippen molar-refractivity contribution < 1.29 is 19.0 Å². The Bertz CT molecular complexity index is 1140. The number of hydrogen-bond donors (Lipinski definition) is 1. The smallest absolute Gasteiger partial charge is 0.303 e. The van der Waals surface area contributed by atoms with Crippen molar-refractivity contribution in [2.24, 2.45) is 11.8 Å². The van der Waals surface area contributed by atoms with Crippen LogP contribution in [0.2, 0.25) is 5.02 Å². The maximum Gasteiger partial charge on any atom is 0.303 e. The van der Waals surface area contributed by atoms with E-state index in [0.717, 1.165) is 54.8 Å². The molecule has 0 aliphatic carbocycles. The van der Waals surface area contributed by atoms with Crippen LogP contribution < -0.4 is 4.74 Å². The zero-order valence-corrected chi connectivity index (χ0v) is 21.5. The van der Waals surface area contributed by atoms with E-state index in [0.29, 0.717) is 24.2 Å². The van der Waals surface area contributed by atoms with Crippen LogP contribution >= 0.6 is 22.9 Å². The molecule has 3 heterocycles. The minimum absolute atomic E-state index is 0.0352. The third kappa shape index (κ3) is 6.72. The third-order valence-corrected chi connectivity index (χ3v) is 8.54. The van der Waals surface area contributed by atoms with Gasteiger partial charge < -0.3 is 14.7 Å². The van der Waals surface area contributed by atoms with E-state index in [1.807, 2.05) is 29.6 Å². The molecule has 0 unspecified atom stereocenters. The van der Waals surface area contributed by atoms with Gasteiger partial charge in [-0.25, -0.2) is 4.39 Å². The van der Waals surface area contributed by atoms with E-state index < -0.39 is 12.1 Å². The highest BCUT2D eigenvalue weighted by molar-refractivity contribution is 7.10. The molecule has 8 heteroatoms. The first-order valence-electron chi connectivity index (χ1n) is 12.2. The normalized spacial score (nSPS) is 19.6. The number of ether oxygens (including phenoxy) is 1. The summed E-state index contributed by atoms with van der Waals surface area (Å²) in [6, 6.07) is 9.17. The molecule has 1 saturated heterocycles. The first-order valence-corrected chi connectivity index (χ1v) is 13.4. The van der Waals surface area contributed by atoms with Crippen LogP contribution in [0.25, 0.3) is 10.9 Å². The SMILES string of the molecule is COc1ccc2nccc([C@@H](F)CC[C@@H]3CCN(CCCc4sccc4Cl)C[C@@H]3CC(=O)O)c2c1. The number of halogens is 2. The summed E-state index contributed by atoms with van der Waals surface area (Å²) in [5.74, 6) is 0.133. The standard InChI is InChI=1S/C27H32ClFN2O3S/c1-34-20-5-7-25-22(16-20)21(8-11-30-25)24(29)6-4-18-9-13-31(17-19(18)15-27(32)33)12-2-3-26-23(28)10-14-35-26/h5,7-8,10-11,14,16,18-19,24H,2-4,6,9,12-13,15,17H2,1H3,(H,32,33)/t18-,19+,24+/m1/s1. The molecule has 1 aliphatic rings. The Morgan fingerprint density at radius 1 is 1.34 bits per heavy atom. The van der Waals surface area contributed by atoms with Crippen molar-refractivity contribution in [2.45, 2.75) is 44.7 Å². The lowest BCUT2D eigenvalue weighted by Crippen LogP contribution is -2.42. The van der Waals surface area contributed by atoms with Gasteiger partial charge in [-0.05, 0) is 98.3 Å². The summed E-state index contributed by atoms with van der Waals surface area (Å²) in [5.41, 5.74) is 1.36. The van der Waals surface area contributed by atoms with Crippen molar-refractivity contribution in [3.8, 4) is 5.75 Å². The van der Waals surface area contributed by atoms with Gasteiger partial charge in [-0.2, -0.15) is 0 Å². The minimum Gasteiger partial charge on any atom is -0.497 e. The lowest BCUT2D eigenvalue weighted by atomic mass is 9.79. The molecule has 2 aromatic heterocycles. The highest BCUT2D eigenvalue weighted by Crippen LogP contribution is 2.36. The molecule has 1 aliphatic heterocycles. The number of carboxylic acids is 1. The Morgan fingerprint density at radius 3 is 2.94 bits per heavy atom. The maximum atomic E-state index is 15.5. The summed E-state index contributed by atoms with van der Waals surface area (Å²) >= 11 is 7.88. The van der Waals surface area contributed by atoms with E-state index in [9.17, 15) is 9.90 Å². The van der Waals surface area contributed by atoms with Crippen LogP contribution in [-0.2, 0) is 11.2 Å². The summed E-state index contributed by atoms with van der Waals surface area (Å²) in [6.07, 6.45) is 4.52. The summed E-state index contributed by atoms with van der Waals surface area (Å²) in [6.45, 7) is 2.60. The number of nitrogens with zero attached hydrogens (tertiary/aromatic N) is 2. The highest BCUT2D eigenvalue weighted by atomic mass is 35.5. The number of benzene rings is 1. The Labute approximate surface area is 214 Å². The van der Waals surface area contributed by atoms with Crippen molar-refractivity contribution >= 4 is 39.8 Å². The summed E-state index contributed by atoms with van der Waals surface area (Å²) < 4.78 is 20.8. The predicted molar refractivity (Wildman–Crippen MR) is 139 cm³/mol. The van der Waals surface area contributed by atoms with Crippen LogP contribution in [0.3, 0.4) is 0 Å². The number of methoxy groups -OCH3 is 1. The van der Waals surface area contributed by atoms with Crippen molar-refractivity contribution in [1.82, 2.24) is 9.88 Å². The number of aliphatic carboxylic acids is 1. The molecule has 5 nitrogen and oxygen atoms in total. The summed E-state index contributed by atoms with van der Waals surface area (Å²) in [7, 11) is 1.59. The molecule has 0 saturated carbocycles. The molecular formula is C27H32ClFN2O3S. The van der Waals surface area contributed by atoms with Crippen LogP contribution in [0, 0.1) is 11.8 Å². The number of rotatable bonds is 11. The molecular weight excluding hydrogens is 487 g/mol. The highest BCUT2D eigenvalue weighted by Gasteiger charge is 2.31. The molecule has 188 valence electrons. The topological polar surface area (TPSA) is 62.7 Å². The maximum absolute atomic E-state index is 15.5. The minimum atomic E-state index is -1.13. The molecule has 1 fully saturated rings. The fourth-order valence-electron chi connectivity index (χ4n) is 5.22. The van der Waals surface area contributed by atoms with Gasteiger partial charge in [0.25, 0.3) is 0 Å². The Hall–Kier alpha value is -2.22. The van der Waals surface area contributed by atoms with Gasteiger partial charge in [-0.15, -0.1) is 11.3 Å². The van der Waals surface area contributed by atoms with Gasteiger partial charge in [0.1, 0.15) is 11.9 Å². The zero-order valence-electron chi connectivity index (χ0n) is 20.0. The average molecular weight is 519 g/mol. The van der Waals surface area contributed by atoms with Crippen molar-refractivity contribution in [3.05, 3.63) is 57.4 Å². The van der Waals surface area contributed by atoms with Gasteiger partial charge in [0.15, 0.2) is 0 Å². The zero-order chi connectivity index (χ0) is 24.8. The largest absolute Gasteiger partial charge is 0.497 e. The van der Waals surface area contributed by atoms with Crippen LogP contribution in [-0.4, -0.2) is 47.7 Å². The number of carboxylic acid groups (broad SMARTS) is 1. The molecule has 0 radical (unpaired) electrons. The molecule has 35 heavy (non-hydrogen) atoms. The fraction of sp³-hybridized carbons (Fsp3) is 0.481. The Kier molecular flexibility index (Phi) is 8.98. The number of pyridine rings is 1. The van der Waals surface area contributed by atoms with Crippen molar-refractivity contribution in [2.75, 3.05) is 26.7 Å². The number of likely N-dealkylation sites (tertiary alicyclic amines) is 1. The van der Waals surface area contributed by atoms with Crippen molar-refractivity contribution in [3.63, 3.8) is 0 Å².